The lowest BCUT2D eigenvalue weighted by Gasteiger charge is -2.25. The maximum atomic E-state index is 11.1. The Morgan fingerprint density at radius 2 is 2.38 bits per heavy atom. The summed E-state index contributed by atoms with van der Waals surface area (Å²) in [5.41, 5.74) is 7.94. The molecule has 82 valence electrons. The van der Waals surface area contributed by atoms with E-state index < -0.39 is 6.04 Å². The number of aliphatic imine (C=N–C) groups is 1. The van der Waals surface area contributed by atoms with Gasteiger partial charge < -0.3 is 10.6 Å². The first kappa shape index (κ1) is 9.39. The predicted octanol–water partition coefficient (Wildman–Crippen LogP) is 0.728. The molecule has 0 aromatic heterocycles. The van der Waals surface area contributed by atoms with E-state index in [2.05, 4.69) is 22.0 Å². The average Bonchev–Trinajstić information content (AvgIpc) is 2.65. The molecule has 3 rings (SSSR count). The number of rotatable bonds is 1. The van der Waals surface area contributed by atoms with Gasteiger partial charge in [0, 0.05) is 12.7 Å². The van der Waals surface area contributed by atoms with Crippen molar-refractivity contribution in [1.82, 2.24) is 4.90 Å². The summed E-state index contributed by atoms with van der Waals surface area (Å²) in [5.74, 6) is 0.523. The van der Waals surface area contributed by atoms with E-state index >= 15 is 0 Å². The first-order chi connectivity index (χ1) is 7.74. The van der Waals surface area contributed by atoms with E-state index in [1.807, 2.05) is 6.20 Å². The number of hydrogen-bond donors (Lipinski definition) is 1. The van der Waals surface area contributed by atoms with E-state index in [1.165, 1.54) is 11.1 Å². The third kappa shape index (κ3) is 1.38. The number of nitrogens with zero attached hydrogens (tertiary/aromatic N) is 2. The van der Waals surface area contributed by atoms with Crippen molar-refractivity contribution in [2.45, 2.75) is 18.9 Å². The van der Waals surface area contributed by atoms with Crippen LogP contribution in [0.15, 0.2) is 40.6 Å². The van der Waals surface area contributed by atoms with Crippen molar-refractivity contribution in [2.75, 3.05) is 6.54 Å². The Hall–Kier alpha value is -1.84. The maximum absolute atomic E-state index is 11.1. The third-order valence-electron chi connectivity index (χ3n) is 3.17. The summed E-state index contributed by atoms with van der Waals surface area (Å²) < 4.78 is 0. The number of carbonyl (C=O) groups is 1. The molecular formula is C12H13N3O. The van der Waals surface area contributed by atoms with Crippen molar-refractivity contribution < 1.29 is 4.79 Å². The number of primary amides is 1. The zero-order valence-electron chi connectivity index (χ0n) is 8.89. The number of hydrogen-bond acceptors (Lipinski definition) is 3. The molecule has 2 aliphatic heterocycles. The predicted molar refractivity (Wildman–Crippen MR) is 61.7 cm³/mol. The molecular weight excluding hydrogens is 202 g/mol. The van der Waals surface area contributed by atoms with Crippen molar-refractivity contribution in [3.63, 3.8) is 0 Å². The van der Waals surface area contributed by atoms with Gasteiger partial charge in [0.15, 0.2) is 6.04 Å². The van der Waals surface area contributed by atoms with E-state index in [0.717, 1.165) is 25.2 Å². The monoisotopic (exact) mass is 215 g/mol. The minimum absolute atomic E-state index is 0.389. The molecule has 2 bridgehead atoms. The van der Waals surface area contributed by atoms with Gasteiger partial charge in [0.2, 0.25) is 5.91 Å². The molecule has 0 saturated heterocycles. The van der Waals surface area contributed by atoms with Crippen molar-refractivity contribution in [3.8, 4) is 0 Å². The number of fused-ring (bicyclic) bond motifs is 4. The highest BCUT2D eigenvalue weighted by molar-refractivity contribution is 6.03. The highest BCUT2D eigenvalue weighted by Crippen LogP contribution is 2.30. The Morgan fingerprint density at radius 3 is 3.19 bits per heavy atom. The summed E-state index contributed by atoms with van der Waals surface area (Å²) in [6.45, 7) is 0.841. The average molecular weight is 215 g/mol. The lowest BCUT2D eigenvalue weighted by atomic mass is 10.1. The van der Waals surface area contributed by atoms with Crippen molar-refractivity contribution in [1.29, 1.82) is 0 Å². The maximum Gasteiger partial charge on any atom is 0.246 e. The molecule has 0 spiro atoms. The highest BCUT2D eigenvalue weighted by atomic mass is 16.1. The van der Waals surface area contributed by atoms with Gasteiger partial charge >= 0.3 is 0 Å². The number of amidine groups is 1. The van der Waals surface area contributed by atoms with Gasteiger partial charge in [-0.2, -0.15) is 0 Å². The van der Waals surface area contributed by atoms with E-state index in [9.17, 15) is 4.79 Å². The molecule has 0 aromatic rings. The van der Waals surface area contributed by atoms with Crippen LogP contribution in [-0.2, 0) is 4.79 Å². The fraction of sp³-hybridized carbons (Fsp3) is 0.333. The van der Waals surface area contributed by atoms with Gasteiger partial charge in [-0.05, 0) is 24.5 Å². The van der Waals surface area contributed by atoms with Crippen LogP contribution in [0.2, 0.25) is 0 Å². The second-order valence-corrected chi connectivity index (χ2v) is 4.27. The molecule has 16 heavy (non-hydrogen) atoms. The lowest BCUT2D eigenvalue weighted by Crippen LogP contribution is -2.36. The molecule has 0 aromatic carbocycles. The summed E-state index contributed by atoms with van der Waals surface area (Å²) in [6, 6.07) is -0.505. The molecule has 1 aliphatic carbocycles. The molecule has 3 aliphatic rings. The van der Waals surface area contributed by atoms with Crippen LogP contribution in [0.5, 0.6) is 0 Å². The number of carbonyl (C=O) groups excluding carboxylic acids is 1. The van der Waals surface area contributed by atoms with Crippen molar-refractivity contribution in [3.05, 3.63) is 35.6 Å². The molecule has 0 saturated carbocycles. The van der Waals surface area contributed by atoms with E-state index in [0.29, 0.717) is 0 Å². The zero-order valence-corrected chi connectivity index (χ0v) is 8.89. The van der Waals surface area contributed by atoms with Gasteiger partial charge in [-0.1, -0.05) is 17.7 Å². The van der Waals surface area contributed by atoms with Crippen LogP contribution in [0.1, 0.15) is 12.8 Å². The van der Waals surface area contributed by atoms with Crippen LogP contribution in [0.25, 0.3) is 0 Å². The minimum Gasteiger partial charge on any atom is -0.368 e. The van der Waals surface area contributed by atoms with Crippen LogP contribution in [0.4, 0.5) is 0 Å². The zero-order chi connectivity index (χ0) is 11.1. The second kappa shape index (κ2) is 3.33. The lowest BCUT2D eigenvalue weighted by molar-refractivity contribution is -0.118. The Bertz CT molecular complexity index is 471. The molecule has 1 unspecified atom stereocenters. The van der Waals surface area contributed by atoms with Gasteiger partial charge in [0.05, 0.1) is 0 Å². The van der Waals surface area contributed by atoms with Crippen LogP contribution < -0.4 is 5.73 Å². The first-order valence-electron chi connectivity index (χ1n) is 5.43. The number of amides is 1. The Balaban J connectivity index is 1.99. The van der Waals surface area contributed by atoms with E-state index in [4.69, 9.17) is 5.73 Å². The minimum atomic E-state index is -0.505. The molecule has 4 heteroatoms. The van der Waals surface area contributed by atoms with Gasteiger partial charge in [0.25, 0.3) is 0 Å². The SMILES string of the molecule is NC(=O)C1C=CN2CC=C3CC=C(C3)C2=N1. The normalized spacial score (nSPS) is 26.6. The fourth-order valence-electron chi connectivity index (χ4n) is 2.27. The standard InChI is InChI=1S/C12H13N3O/c13-11(16)10-4-6-15-5-3-8-1-2-9(7-8)12(15)14-10/h2-4,6,10H,1,5,7H2,(H2,13,16). The van der Waals surface area contributed by atoms with Crippen LogP contribution in [0, 0.1) is 0 Å². The largest absolute Gasteiger partial charge is 0.368 e. The third-order valence-corrected chi connectivity index (χ3v) is 3.17. The van der Waals surface area contributed by atoms with Gasteiger partial charge in [0.1, 0.15) is 5.84 Å². The van der Waals surface area contributed by atoms with Gasteiger partial charge in [-0.15, -0.1) is 0 Å². The molecule has 1 amide bonds. The van der Waals surface area contributed by atoms with E-state index in [1.54, 1.807) is 6.08 Å². The Kier molecular flexibility index (Phi) is 1.96. The van der Waals surface area contributed by atoms with Crippen LogP contribution >= 0.6 is 0 Å². The van der Waals surface area contributed by atoms with E-state index in [-0.39, 0.29) is 5.91 Å². The topological polar surface area (TPSA) is 58.7 Å². The summed E-state index contributed by atoms with van der Waals surface area (Å²) in [7, 11) is 0. The molecule has 0 fully saturated rings. The molecule has 0 radical (unpaired) electrons. The fourth-order valence-corrected chi connectivity index (χ4v) is 2.27. The smallest absolute Gasteiger partial charge is 0.246 e. The van der Waals surface area contributed by atoms with Gasteiger partial charge in [-0.3, -0.25) is 9.79 Å². The summed E-state index contributed by atoms with van der Waals surface area (Å²) in [5, 5.41) is 0. The summed E-state index contributed by atoms with van der Waals surface area (Å²) in [6.07, 6.45) is 10.1. The second-order valence-electron chi connectivity index (χ2n) is 4.27. The summed E-state index contributed by atoms with van der Waals surface area (Å²) in [4.78, 5) is 17.6. The van der Waals surface area contributed by atoms with Crippen molar-refractivity contribution in [2.24, 2.45) is 10.7 Å². The van der Waals surface area contributed by atoms with Crippen molar-refractivity contribution >= 4 is 11.7 Å². The quantitative estimate of drug-likeness (QED) is 0.655. The Morgan fingerprint density at radius 1 is 1.50 bits per heavy atom. The molecule has 1 atom stereocenters. The van der Waals surface area contributed by atoms with Crippen LogP contribution in [0.3, 0.4) is 0 Å². The first-order valence-corrected chi connectivity index (χ1v) is 5.43. The van der Waals surface area contributed by atoms with Crippen LogP contribution in [-0.4, -0.2) is 29.2 Å². The number of allylic oxidation sites excluding steroid dienone is 2. The number of nitrogens with two attached hydrogens (primary N) is 1. The Labute approximate surface area is 93.8 Å². The summed E-state index contributed by atoms with van der Waals surface area (Å²) >= 11 is 0. The van der Waals surface area contributed by atoms with Gasteiger partial charge in [-0.25, -0.2) is 0 Å². The molecule has 2 heterocycles. The highest BCUT2D eigenvalue weighted by Gasteiger charge is 2.26. The molecule has 2 N–H and O–H groups in total. The molecule has 4 nitrogen and oxygen atoms in total.